The maximum absolute atomic E-state index is 5.95. The van der Waals surface area contributed by atoms with E-state index in [0.29, 0.717) is 12.5 Å². The fourth-order valence-corrected chi connectivity index (χ4v) is 1.88. The predicted molar refractivity (Wildman–Crippen MR) is 61.9 cm³/mol. The van der Waals surface area contributed by atoms with Crippen molar-refractivity contribution in [3.8, 4) is 0 Å². The zero-order valence-electron chi connectivity index (χ0n) is 9.43. The van der Waals surface area contributed by atoms with Crippen LogP contribution in [-0.4, -0.2) is 29.1 Å². The van der Waals surface area contributed by atoms with E-state index < -0.39 is 0 Å². The largest absolute Gasteiger partial charge is 0.370 e. The van der Waals surface area contributed by atoms with Crippen molar-refractivity contribution in [2.24, 2.45) is 10.7 Å². The third-order valence-electron chi connectivity index (χ3n) is 2.82. The van der Waals surface area contributed by atoms with E-state index >= 15 is 0 Å². The summed E-state index contributed by atoms with van der Waals surface area (Å²) in [4.78, 5) is 6.49. The number of hydrogen-bond acceptors (Lipinski definition) is 3. The Morgan fingerprint density at radius 2 is 2.12 bits per heavy atom. The topological polar surface area (TPSA) is 67.6 Å². The van der Waals surface area contributed by atoms with Crippen LogP contribution in [-0.2, 0) is 6.54 Å². The minimum absolute atomic E-state index is 0.499. The lowest BCUT2D eigenvalue weighted by molar-refractivity contribution is 0.410. The van der Waals surface area contributed by atoms with Gasteiger partial charge in [-0.2, -0.15) is 0 Å². The molecule has 88 valence electrons. The van der Waals surface area contributed by atoms with E-state index in [1.165, 1.54) is 25.7 Å². The summed E-state index contributed by atoms with van der Waals surface area (Å²) in [6.45, 7) is 2.54. The molecule has 0 unspecified atom stereocenters. The number of likely N-dealkylation sites (tertiary alicyclic amines) is 1. The van der Waals surface area contributed by atoms with Crippen LogP contribution in [0.3, 0.4) is 0 Å². The quantitative estimate of drug-likeness (QED) is 0.606. The van der Waals surface area contributed by atoms with Crippen LogP contribution in [0.1, 0.15) is 31.4 Å². The van der Waals surface area contributed by atoms with Gasteiger partial charge in [-0.25, -0.2) is 4.99 Å². The molecule has 5 heteroatoms. The Kier molecular flexibility index (Phi) is 3.80. The first-order valence-corrected chi connectivity index (χ1v) is 5.80. The Morgan fingerprint density at radius 1 is 1.38 bits per heavy atom. The van der Waals surface area contributed by atoms with Crippen molar-refractivity contribution >= 4 is 5.96 Å². The molecule has 5 nitrogen and oxygen atoms in total. The minimum Gasteiger partial charge on any atom is -0.370 e. The zero-order chi connectivity index (χ0) is 11.2. The lowest BCUT2D eigenvalue weighted by atomic mass is 10.2. The number of aromatic nitrogens is 1. The Labute approximate surface area is 95.3 Å². The summed E-state index contributed by atoms with van der Waals surface area (Å²) in [5, 5.41) is 3.80. The Bertz CT molecular complexity index is 326. The van der Waals surface area contributed by atoms with Crippen LogP contribution in [0.25, 0.3) is 0 Å². The van der Waals surface area contributed by atoms with Crippen molar-refractivity contribution in [1.29, 1.82) is 0 Å². The fraction of sp³-hybridized carbons (Fsp3) is 0.636. The van der Waals surface area contributed by atoms with Crippen LogP contribution in [0, 0.1) is 0 Å². The molecular weight excluding hydrogens is 204 g/mol. The van der Waals surface area contributed by atoms with E-state index in [2.05, 4.69) is 15.0 Å². The van der Waals surface area contributed by atoms with E-state index in [4.69, 9.17) is 10.3 Å². The first-order chi connectivity index (χ1) is 7.86. The van der Waals surface area contributed by atoms with Crippen LogP contribution in [0.15, 0.2) is 21.8 Å². The molecule has 1 aliphatic heterocycles. The standard InChI is InChI=1S/C11H18N4O/c12-11(13-9-10-5-8-16-14-10)15-6-3-1-2-4-7-15/h5,8H,1-4,6-7,9H2,(H2,12,13). The molecule has 2 rings (SSSR count). The summed E-state index contributed by atoms with van der Waals surface area (Å²) in [7, 11) is 0. The number of nitrogens with two attached hydrogens (primary N) is 1. The SMILES string of the molecule is NC(=NCc1ccon1)N1CCCCCC1. The number of aliphatic imine (C=N–C) groups is 1. The first kappa shape index (κ1) is 11.0. The van der Waals surface area contributed by atoms with Gasteiger partial charge < -0.3 is 15.2 Å². The van der Waals surface area contributed by atoms with E-state index in [-0.39, 0.29) is 0 Å². The highest BCUT2D eigenvalue weighted by molar-refractivity contribution is 5.78. The highest BCUT2D eigenvalue weighted by atomic mass is 16.5. The molecule has 0 aromatic carbocycles. The molecule has 1 aromatic rings. The van der Waals surface area contributed by atoms with Gasteiger partial charge in [-0.05, 0) is 12.8 Å². The second kappa shape index (κ2) is 5.53. The summed E-state index contributed by atoms with van der Waals surface area (Å²) < 4.78 is 4.74. The number of hydrogen-bond donors (Lipinski definition) is 1. The van der Waals surface area contributed by atoms with Crippen LogP contribution < -0.4 is 5.73 Å². The smallest absolute Gasteiger partial charge is 0.191 e. The molecule has 2 heterocycles. The van der Waals surface area contributed by atoms with Crippen LogP contribution in [0.5, 0.6) is 0 Å². The lowest BCUT2D eigenvalue weighted by Crippen LogP contribution is -2.38. The molecule has 1 aromatic heterocycles. The van der Waals surface area contributed by atoms with Gasteiger partial charge in [0, 0.05) is 19.2 Å². The number of guanidine groups is 1. The molecule has 0 atom stereocenters. The van der Waals surface area contributed by atoms with Gasteiger partial charge in [0.1, 0.15) is 12.0 Å². The fourth-order valence-electron chi connectivity index (χ4n) is 1.88. The molecule has 16 heavy (non-hydrogen) atoms. The van der Waals surface area contributed by atoms with E-state index in [9.17, 15) is 0 Å². The maximum atomic E-state index is 5.95. The maximum Gasteiger partial charge on any atom is 0.191 e. The van der Waals surface area contributed by atoms with Gasteiger partial charge in [0.25, 0.3) is 0 Å². The van der Waals surface area contributed by atoms with Crippen molar-refractivity contribution in [3.05, 3.63) is 18.0 Å². The first-order valence-electron chi connectivity index (χ1n) is 5.80. The van der Waals surface area contributed by atoms with Crippen molar-refractivity contribution < 1.29 is 4.52 Å². The third kappa shape index (κ3) is 2.98. The van der Waals surface area contributed by atoms with Gasteiger partial charge in [-0.3, -0.25) is 0 Å². The predicted octanol–water partition coefficient (Wildman–Crippen LogP) is 1.37. The highest BCUT2D eigenvalue weighted by Gasteiger charge is 2.10. The van der Waals surface area contributed by atoms with E-state index in [0.717, 1.165) is 18.8 Å². The molecule has 0 bridgehead atoms. The summed E-state index contributed by atoms with van der Waals surface area (Å²) in [5.41, 5.74) is 6.77. The molecule has 0 amide bonds. The van der Waals surface area contributed by atoms with Crippen molar-refractivity contribution in [1.82, 2.24) is 10.1 Å². The Hall–Kier alpha value is -1.52. The van der Waals surface area contributed by atoms with Gasteiger partial charge >= 0.3 is 0 Å². The number of rotatable bonds is 2. The molecule has 0 radical (unpaired) electrons. The second-order valence-corrected chi connectivity index (χ2v) is 4.07. The molecule has 1 fully saturated rings. The highest BCUT2D eigenvalue weighted by Crippen LogP contribution is 2.09. The van der Waals surface area contributed by atoms with Gasteiger partial charge in [0.15, 0.2) is 5.96 Å². The van der Waals surface area contributed by atoms with Gasteiger partial charge in [0.2, 0.25) is 0 Å². The van der Waals surface area contributed by atoms with Crippen LogP contribution in [0.4, 0.5) is 0 Å². The van der Waals surface area contributed by atoms with Crippen molar-refractivity contribution in [2.45, 2.75) is 32.2 Å². The lowest BCUT2D eigenvalue weighted by Gasteiger charge is -2.20. The van der Waals surface area contributed by atoms with Crippen molar-refractivity contribution in [2.75, 3.05) is 13.1 Å². The summed E-state index contributed by atoms with van der Waals surface area (Å²) in [5.74, 6) is 0.630. The van der Waals surface area contributed by atoms with Crippen LogP contribution >= 0.6 is 0 Å². The summed E-state index contributed by atoms with van der Waals surface area (Å²) in [6.07, 6.45) is 6.56. The molecule has 0 aliphatic carbocycles. The monoisotopic (exact) mass is 222 g/mol. The minimum atomic E-state index is 0.499. The van der Waals surface area contributed by atoms with E-state index in [1.807, 2.05) is 0 Å². The summed E-state index contributed by atoms with van der Waals surface area (Å²) >= 11 is 0. The molecule has 1 saturated heterocycles. The summed E-state index contributed by atoms with van der Waals surface area (Å²) in [6, 6.07) is 1.80. The van der Waals surface area contributed by atoms with Gasteiger partial charge in [0.05, 0.1) is 6.54 Å². The Balaban J connectivity index is 1.89. The van der Waals surface area contributed by atoms with Crippen LogP contribution in [0.2, 0.25) is 0 Å². The third-order valence-corrected chi connectivity index (χ3v) is 2.82. The number of nitrogens with zero attached hydrogens (tertiary/aromatic N) is 3. The van der Waals surface area contributed by atoms with Gasteiger partial charge in [-0.15, -0.1) is 0 Å². The molecular formula is C11H18N4O. The zero-order valence-corrected chi connectivity index (χ0v) is 9.43. The normalized spacial score (nSPS) is 18.5. The molecule has 0 spiro atoms. The Morgan fingerprint density at radius 3 is 2.75 bits per heavy atom. The van der Waals surface area contributed by atoms with Gasteiger partial charge in [-0.1, -0.05) is 18.0 Å². The molecule has 0 saturated carbocycles. The van der Waals surface area contributed by atoms with E-state index in [1.54, 1.807) is 12.3 Å². The second-order valence-electron chi connectivity index (χ2n) is 4.07. The van der Waals surface area contributed by atoms with Crippen molar-refractivity contribution in [3.63, 3.8) is 0 Å². The average molecular weight is 222 g/mol. The average Bonchev–Trinajstić information content (AvgIpc) is 2.66. The molecule has 1 aliphatic rings. The molecule has 2 N–H and O–H groups in total.